The standard InChI is InChI=1S/C15H17ClN2O3/c16-11-2-1-3-12(10-11)17-6-8-18(9-7-17)13(19)15(4-5-15)14(20)21/h1-3,10H,4-9H2,(H,20,21). The highest BCUT2D eigenvalue weighted by atomic mass is 35.5. The van der Waals surface area contributed by atoms with Crippen LogP contribution in [0.15, 0.2) is 24.3 Å². The van der Waals surface area contributed by atoms with Crippen LogP contribution >= 0.6 is 11.6 Å². The monoisotopic (exact) mass is 308 g/mol. The lowest BCUT2D eigenvalue weighted by atomic mass is 10.1. The molecular weight excluding hydrogens is 292 g/mol. The third-order valence-corrected chi connectivity index (χ3v) is 4.54. The van der Waals surface area contributed by atoms with E-state index in [4.69, 9.17) is 11.6 Å². The Hall–Kier alpha value is -1.75. The van der Waals surface area contributed by atoms with Crippen molar-refractivity contribution >= 4 is 29.2 Å². The zero-order valence-electron chi connectivity index (χ0n) is 11.6. The first-order valence-corrected chi connectivity index (χ1v) is 7.44. The van der Waals surface area contributed by atoms with Crippen molar-refractivity contribution in [2.45, 2.75) is 12.8 Å². The molecular formula is C15H17ClN2O3. The number of anilines is 1. The van der Waals surface area contributed by atoms with Gasteiger partial charge in [-0.3, -0.25) is 9.59 Å². The first kappa shape index (κ1) is 14.2. The van der Waals surface area contributed by atoms with E-state index in [1.807, 2.05) is 24.3 Å². The molecule has 1 saturated carbocycles. The number of hydrogen-bond acceptors (Lipinski definition) is 3. The summed E-state index contributed by atoms with van der Waals surface area (Å²) < 4.78 is 0. The minimum atomic E-state index is -1.13. The molecule has 6 heteroatoms. The number of benzene rings is 1. The lowest BCUT2D eigenvalue weighted by Gasteiger charge is -2.37. The van der Waals surface area contributed by atoms with Crippen molar-refractivity contribution in [3.63, 3.8) is 0 Å². The number of carboxylic acids is 1. The first-order valence-electron chi connectivity index (χ1n) is 7.06. The van der Waals surface area contributed by atoms with Crippen molar-refractivity contribution in [2.24, 2.45) is 5.41 Å². The van der Waals surface area contributed by atoms with Crippen molar-refractivity contribution in [2.75, 3.05) is 31.1 Å². The number of carbonyl (C=O) groups excluding carboxylic acids is 1. The van der Waals surface area contributed by atoms with E-state index in [-0.39, 0.29) is 5.91 Å². The van der Waals surface area contributed by atoms with Gasteiger partial charge in [0, 0.05) is 36.9 Å². The van der Waals surface area contributed by atoms with E-state index in [1.165, 1.54) is 0 Å². The number of carbonyl (C=O) groups is 2. The SMILES string of the molecule is O=C(O)C1(C(=O)N2CCN(c3cccc(Cl)c3)CC2)CC1. The number of piperazine rings is 1. The van der Waals surface area contributed by atoms with Crippen LogP contribution in [-0.2, 0) is 9.59 Å². The third kappa shape index (κ3) is 2.58. The predicted octanol–water partition coefficient (Wildman–Crippen LogP) is 1.85. The van der Waals surface area contributed by atoms with E-state index in [0.717, 1.165) is 5.69 Å². The molecule has 2 fully saturated rings. The normalized spacial score (nSPS) is 20.2. The van der Waals surface area contributed by atoms with Gasteiger partial charge in [0.2, 0.25) is 5.91 Å². The minimum Gasteiger partial charge on any atom is -0.480 e. The summed E-state index contributed by atoms with van der Waals surface area (Å²) in [7, 11) is 0. The Morgan fingerprint density at radius 1 is 1.14 bits per heavy atom. The van der Waals surface area contributed by atoms with Gasteiger partial charge in [0.25, 0.3) is 0 Å². The zero-order valence-corrected chi connectivity index (χ0v) is 12.3. The molecule has 2 aliphatic rings. The molecule has 1 aliphatic carbocycles. The number of carboxylic acid groups (broad SMARTS) is 1. The van der Waals surface area contributed by atoms with Crippen molar-refractivity contribution in [3.05, 3.63) is 29.3 Å². The van der Waals surface area contributed by atoms with E-state index in [0.29, 0.717) is 44.0 Å². The highest BCUT2D eigenvalue weighted by Gasteiger charge is 2.58. The molecule has 1 heterocycles. The summed E-state index contributed by atoms with van der Waals surface area (Å²) in [5.41, 5.74) is -0.0907. The van der Waals surface area contributed by atoms with Gasteiger partial charge in [-0.05, 0) is 31.0 Å². The molecule has 1 saturated heterocycles. The van der Waals surface area contributed by atoms with Gasteiger partial charge in [-0.25, -0.2) is 0 Å². The zero-order chi connectivity index (χ0) is 15.0. The second-order valence-electron chi connectivity index (χ2n) is 5.65. The first-order chi connectivity index (χ1) is 10.0. The molecule has 0 spiro atoms. The van der Waals surface area contributed by atoms with Crippen LogP contribution in [0.5, 0.6) is 0 Å². The Morgan fingerprint density at radius 2 is 1.81 bits per heavy atom. The topological polar surface area (TPSA) is 60.9 Å². The Bertz CT molecular complexity index is 578. The maximum absolute atomic E-state index is 12.3. The van der Waals surface area contributed by atoms with Crippen LogP contribution in [0.1, 0.15) is 12.8 Å². The summed E-state index contributed by atoms with van der Waals surface area (Å²) in [6.45, 7) is 2.50. The Balaban J connectivity index is 1.63. The summed E-state index contributed by atoms with van der Waals surface area (Å²) in [5.74, 6) is -1.20. The van der Waals surface area contributed by atoms with Crippen LogP contribution < -0.4 is 4.90 Å². The Labute approximate surface area is 128 Å². The molecule has 1 amide bonds. The van der Waals surface area contributed by atoms with Gasteiger partial charge < -0.3 is 14.9 Å². The van der Waals surface area contributed by atoms with Crippen LogP contribution in [0.25, 0.3) is 0 Å². The van der Waals surface area contributed by atoms with Crippen LogP contribution in [0, 0.1) is 5.41 Å². The number of nitrogens with zero attached hydrogens (tertiary/aromatic N) is 2. The largest absolute Gasteiger partial charge is 0.480 e. The van der Waals surface area contributed by atoms with Crippen LogP contribution in [0.2, 0.25) is 5.02 Å². The molecule has 5 nitrogen and oxygen atoms in total. The van der Waals surface area contributed by atoms with E-state index in [2.05, 4.69) is 4.90 Å². The highest BCUT2D eigenvalue weighted by Crippen LogP contribution is 2.47. The molecule has 0 unspecified atom stereocenters. The van der Waals surface area contributed by atoms with Crippen molar-refractivity contribution in [1.29, 1.82) is 0 Å². The summed E-state index contributed by atoms with van der Waals surface area (Å²) >= 11 is 5.99. The van der Waals surface area contributed by atoms with Gasteiger partial charge in [-0.1, -0.05) is 17.7 Å². The maximum atomic E-state index is 12.3. The summed E-state index contributed by atoms with van der Waals surface area (Å²) in [5, 5.41) is 9.88. The van der Waals surface area contributed by atoms with Gasteiger partial charge in [-0.15, -0.1) is 0 Å². The number of amides is 1. The molecule has 1 N–H and O–H groups in total. The summed E-state index contributed by atoms with van der Waals surface area (Å²) in [6.07, 6.45) is 0.936. The van der Waals surface area contributed by atoms with Gasteiger partial charge in [0.1, 0.15) is 5.41 Å². The van der Waals surface area contributed by atoms with Gasteiger partial charge in [0.05, 0.1) is 0 Å². The average molecular weight is 309 g/mol. The van der Waals surface area contributed by atoms with Crippen molar-refractivity contribution < 1.29 is 14.7 Å². The molecule has 0 aromatic heterocycles. The fourth-order valence-corrected chi connectivity index (χ4v) is 2.97. The van der Waals surface area contributed by atoms with Crippen molar-refractivity contribution in [1.82, 2.24) is 4.90 Å². The van der Waals surface area contributed by atoms with Crippen LogP contribution in [-0.4, -0.2) is 48.1 Å². The molecule has 0 bridgehead atoms. The van der Waals surface area contributed by atoms with Crippen LogP contribution in [0.4, 0.5) is 5.69 Å². The Kier molecular flexibility index (Phi) is 3.53. The lowest BCUT2D eigenvalue weighted by molar-refractivity contribution is -0.153. The third-order valence-electron chi connectivity index (χ3n) is 4.31. The highest BCUT2D eigenvalue weighted by molar-refractivity contribution is 6.30. The van der Waals surface area contributed by atoms with Crippen LogP contribution in [0.3, 0.4) is 0 Å². The van der Waals surface area contributed by atoms with Gasteiger partial charge in [0.15, 0.2) is 0 Å². The molecule has 1 aliphatic heterocycles. The second kappa shape index (κ2) is 5.22. The number of rotatable bonds is 3. The van der Waals surface area contributed by atoms with E-state index in [9.17, 15) is 14.7 Å². The predicted molar refractivity (Wildman–Crippen MR) is 79.5 cm³/mol. The molecule has 21 heavy (non-hydrogen) atoms. The summed E-state index contributed by atoms with van der Waals surface area (Å²) in [4.78, 5) is 27.4. The fraction of sp³-hybridized carbons (Fsp3) is 0.467. The second-order valence-corrected chi connectivity index (χ2v) is 6.08. The Morgan fingerprint density at radius 3 is 2.33 bits per heavy atom. The molecule has 0 atom stereocenters. The number of hydrogen-bond donors (Lipinski definition) is 1. The molecule has 1 aromatic rings. The molecule has 3 rings (SSSR count). The van der Waals surface area contributed by atoms with Crippen molar-refractivity contribution in [3.8, 4) is 0 Å². The lowest BCUT2D eigenvalue weighted by Crippen LogP contribution is -2.52. The molecule has 1 aromatic carbocycles. The quantitative estimate of drug-likeness (QED) is 0.866. The molecule has 112 valence electrons. The summed E-state index contributed by atoms with van der Waals surface area (Å²) in [6, 6.07) is 7.62. The maximum Gasteiger partial charge on any atom is 0.319 e. The van der Waals surface area contributed by atoms with E-state index < -0.39 is 11.4 Å². The smallest absolute Gasteiger partial charge is 0.319 e. The number of halogens is 1. The van der Waals surface area contributed by atoms with Gasteiger partial charge in [-0.2, -0.15) is 0 Å². The molecule has 0 radical (unpaired) electrons. The minimum absolute atomic E-state index is 0.222. The fourth-order valence-electron chi connectivity index (χ4n) is 2.79. The van der Waals surface area contributed by atoms with Gasteiger partial charge >= 0.3 is 5.97 Å². The van der Waals surface area contributed by atoms with E-state index in [1.54, 1.807) is 4.90 Å². The average Bonchev–Trinajstić information content (AvgIpc) is 3.28. The van der Waals surface area contributed by atoms with E-state index >= 15 is 0 Å². The number of aliphatic carboxylic acids is 1.